The summed E-state index contributed by atoms with van der Waals surface area (Å²) in [5.74, 6) is -1.17. The van der Waals surface area contributed by atoms with Crippen molar-refractivity contribution in [3.8, 4) is 11.5 Å². The molecule has 178 valence electrons. The number of carbonyl (C=O) groups excluding carboxylic acids is 2. The van der Waals surface area contributed by atoms with Crippen molar-refractivity contribution < 1.29 is 32.4 Å². The van der Waals surface area contributed by atoms with E-state index in [9.17, 15) is 18.4 Å². The smallest absolute Gasteiger partial charge is 0.273 e. The number of halogens is 2. The van der Waals surface area contributed by atoms with E-state index in [-0.39, 0.29) is 42.9 Å². The first-order valence-electron chi connectivity index (χ1n) is 10.7. The normalized spacial score (nSPS) is 12.9. The summed E-state index contributed by atoms with van der Waals surface area (Å²) in [6, 6.07) is 9.20. The minimum absolute atomic E-state index is 0.0194. The standard InChI is InChI=1S/C24H23F2N3O5/c1-3-14(2)29(24(31)16-7-17(25)9-18(26)8-16)12-19-10-20(28-34-19)23(30)27-11-15-4-5-21-22(6-15)33-13-32-21/h4-10,14H,3,11-13H2,1-2H3,(H,27,30). The number of amides is 2. The molecule has 10 heteroatoms. The van der Waals surface area contributed by atoms with E-state index in [2.05, 4.69) is 10.5 Å². The van der Waals surface area contributed by atoms with Gasteiger partial charge in [-0.25, -0.2) is 8.78 Å². The number of carbonyl (C=O) groups is 2. The molecule has 0 radical (unpaired) electrons. The fourth-order valence-electron chi connectivity index (χ4n) is 3.48. The summed E-state index contributed by atoms with van der Waals surface area (Å²) in [4.78, 5) is 26.9. The van der Waals surface area contributed by atoms with Crippen LogP contribution in [0.4, 0.5) is 8.78 Å². The fourth-order valence-corrected chi connectivity index (χ4v) is 3.48. The molecule has 2 amide bonds. The van der Waals surface area contributed by atoms with Crippen LogP contribution in [-0.4, -0.2) is 34.7 Å². The molecule has 1 aromatic heterocycles. The van der Waals surface area contributed by atoms with Crippen molar-refractivity contribution in [2.24, 2.45) is 0 Å². The van der Waals surface area contributed by atoms with E-state index in [0.717, 1.165) is 17.7 Å². The molecule has 1 unspecified atom stereocenters. The summed E-state index contributed by atoms with van der Waals surface area (Å²) in [6.45, 7) is 4.07. The van der Waals surface area contributed by atoms with Crippen LogP contribution in [0, 0.1) is 11.6 Å². The molecular formula is C24H23F2N3O5. The molecular weight excluding hydrogens is 448 g/mol. The van der Waals surface area contributed by atoms with Crippen LogP contribution in [0.3, 0.4) is 0 Å². The Morgan fingerprint density at radius 1 is 1.09 bits per heavy atom. The van der Waals surface area contributed by atoms with Crippen LogP contribution in [0.5, 0.6) is 11.5 Å². The minimum Gasteiger partial charge on any atom is -0.454 e. The molecule has 1 aliphatic heterocycles. The molecule has 8 nitrogen and oxygen atoms in total. The second-order valence-electron chi connectivity index (χ2n) is 7.90. The molecule has 2 heterocycles. The third kappa shape index (κ3) is 5.16. The number of nitrogens with zero attached hydrogens (tertiary/aromatic N) is 2. The Hall–Kier alpha value is -3.95. The average Bonchev–Trinajstić information content (AvgIpc) is 3.48. The highest BCUT2D eigenvalue weighted by Crippen LogP contribution is 2.32. The van der Waals surface area contributed by atoms with Gasteiger partial charge in [-0.1, -0.05) is 18.1 Å². The van der Waals surface area contributed by atoms with E-state index in [1.165, 1.54) is 11.0 Å². The number of hydrogen-bond acceptors (Lipinski definition) is 6. The largest absolute Gasteiger partial charge is 0.454 e. The number of fused-ring (bicyclic) bond motifs is 1. The van der Waals surface area contributed by atoms with Crippen molar-refractivity contribution in [1.29, 1.82) is 0 Å². The predicted molar refractivity (Wildman–Crippen MR) is 116 cm³/mol. The Kier molecular flexibility index (Phi) is 6.76. The number of aromatic nitrogens is 1. The van der Waals surface area contributed by atoms with Crippen LogP contribution in [0.1, 0.15) is 52.4 Å². The molecule has 34 heavy (non-hydrogen) atoms. The third-order valence-electron chi connectivity index (χ3n) is 5.50. The average molecular weight is 471 g/mol. The van der Waals surface area contributed by atoms with Gasteiger partial charge >= 0.3 is 0 Å². The lowest BCUT2D eigenvalue weighted by molar-refractivity contribution is 0.0649. The Balaban J connectivity index is 1.42. The Morgan fingerprint density at radius 2 is 1.82 bits per heavy atom. The summed E-state index contributed by atoms with van der Waals surface area (Å²) in [5.41, 5.74) is 0.750. The van der Waals surface area contributed by atoms with Crippen LogP contribution in [0.15, 0.2) is 47.0 Å². The third-order valence-corrected chi connectivity index (χ3v) is 5.50. The maximum absolute atomic E-state index is 13.6. The molecule has 0 saturated carbocycles. The van der Waals surface area contributed by atoms with E-state index in [1.54, 1.807) is 12.1 Å². The van der Waals surface area contributed by atoms with Crippen LogP contribution in [0.2, 0.25) is 0 Å². The van der Waals surface area contributed by atoms with E-state index < -0.39 is 23.4 Å². The summed E-state index contributed by atoms with van der Waals surface area (Å²) < 4.78 is 43.1. The van der Waals surface area contributed by atoms with E-state index in [4.69, 9.17) is 14.0 Å². The molecule has 0 aliphatic carbocycles. The molecule has 0 spiro atoms. The monoisotopic (exact) mass is 471 g/mol. The van der Waals surface area contributed by atoms with Crippen LogP contribution in [-0.2, 0) is 13.1 Å². The molecule has 0 fully saturated rings. The van der Waals surface area contributed by atoms with Gasteiger partial charge in [0, 0.05) is 30.3 Å². The van der Waals surface area contributed by atoms with Crippen molar-refractivity contribution in [2.45, 2.75) is 39.4 Å². The molecule has 1 N–H and O–H groups in total. The molecule has 3 aromatic rings. The number of ether oxygens (including phenoxy) is 2. The SMILES string of the molecule is CCC(C)N(Cc1cc(C(=O)NCc2ccc3c(c2)OCO3)no1)C(=O)c1cc(F)cc(F)c1. The van der Waals surface area contributed by atoms with Crippen molar-refractivity contribution in [2.75, 3.05) is 6.79 Å². The second kappa shape index (κ2) is 9.90. The summed E-state index contributed by atoms with van der Waals surface area (Å²) in [7, 11) is 0. The number of nitrogens with one attached hydrogen (secondary N) is 1. The minimum atomic E-state index is -0.839. The first-order valence-corrected chi connectivity index (χ1v) is 10.7. The highest BCUT2D eigenvalue weighted by molar-refractivity contribution is 5.94. The van der Waals surface area contributed by atoms with Gasteiger partial charge in [0.1, 0.15) is 11.6 Å². The van der Waals surface area contributed by atoms with Gasteiger partial charge in [-0.3, -0.25) is 9.59 Å². The number of hydrogen-bond donors (Lipinski definition) is 1. The first-order chi connectivity index (χ1) is 16.3. The maximum Gasteiger partial charge on any atom is 0.273 e. The van der Waals surface area contributed by atoms with Crippen molar-refractivity contribution in [3.63, 3.8) is 0 Å². The lowest BCUT2D eigenvalue weighted by atomic mass is 10.1. The van der Waals surface area contributed by atoms with E-state index in [1.807, 2.05) is 19.9 Å². The Morgan fingerprint density at radius 3 is 2.56 bits per heavy atom. The molecule has 1 atom stereocenters. The van der Waals surface area contributed by atoms with Gasteiger partial charge in [0.25, 0.3) is 11.8 Å². The van der Waals surface area contributed by atoms with Crippen molar-refractivity contribution in [3.05, 3.63) is 76.7 Å². The van der Waals surface area contributed by atoms with Crippen LogP contribution >= 0.6 is 0 Å². The Labute approximate surface area is 194 Å². The van der Waals surface area contributed by atoms with Crippen molar-refractivity contribution >= 4 is 11.8 Å². The van der Waals surface area contributed by atoms with E-state index in [0.29, 0.717) is 24.0 Å². The van der Waals surface area contributed by atoms with E-state index >= 15 is 0 Å². The number of benzene rings is 2. The highest BCUT2D eigenvalue weighted by Gasteiger charge is 2.24. The topological polar surface area (TPSA) is 93.9 Å². The first kappa shape index (κ1) is 23.2. The highest BCUT2D eigenvalue weighted by atomic mass is 19.1. The number of rotatable bonds is 8. The zero-order chi connectivity index (χ0) is 24.2. The van der Waals surface area contributed by atoms with Gasteiger partial charge in [0.05, 0.1) is 6.54 Å². The lowest BCUT2D eigenvalue weighted by Crippen LogP contribution is -2.37. The molecule has 4 rings (SSSR count). The zero-order valence-electron chi connectivity index (χ0n) is 18.6. The fraction of sp³-hybridized carbons (Fsp3) is 0.292. The molecule has 2 aromatic carbocycles. The Bertz CT molecular complexity index is 1190. The van der Waals surface area contributed by atoms with Gasteiger partial charge in [-0.2, -0.15) is 0 Å². The van der Waals surface area contributed by atoms with Gasteiger partial charge in [-0.05, 0) is 43.2 Å². The van der Waals surface area contributed by atoms with Gasteiger partial charge < -0.3 is 24.2 Å². The summed E-state index contributed by atoms with van der Waals surface area (Å²) in [6.07, 6.45) is 0.598. The second-order valence-corrected chi connectivity index (χ2v) is 7.90. The molecule has 1 aliphatic rings. The van der Waals surface area contributed by atoms with Crippen molar-refractivity contribution in [1.82, 2.24) is 15.4 Å². The maximum atomic E-state index is 13.6. The quantitative estimate of drug-likeness (QED) is 0.533. The van der Waals surface area contributed by atoms with Gasteiger partial charge in [-0.15, -0.1) is 0 Å². The van der Waals surface area contributed by atoms with Gasteiger partial charge in [0.2, 0.25) is 6.79 Å². The summed E-state index contributed by atoms with van der Waals surface area (Å²) >= 11 is 0. The lowest BCUT2D eigenvalue weighted by Gasteiger charge is -2.27. The molecule has 0 saturated heterocycles. The van der Waals surface area contributed by atoms with Crippen LogP contribution < -0.4 is 14.8 Å². The summed E-state index contributed by atoms with van der Waals surface area (Å²) in [5, 5.41) is 6.54. The predicted octanol–water partition coefficient (Wildman–Crippen LogP) is 4.05. The van der Waals surface area contributed by atoms with Gasteiger partial charge in [0.15, 0.2) is 23.0 Å². The zero-order valence-corrected chi connectivity index (χ0v) is 18.6. The molecule has 0 bridgehead atoms. The van der Waals surface area contributed by atoms with Crippen LogP contribution in [0.25, 0.3) is 0 Å².